The molecule has 1 aliphatic heterocycles. The van der Waals surface area contributed by atoms with Gasteiger partial charge < -0.3 is 15.5 Å². The van der Waals surface area contributed by atoms with Crippen LogP contribution in [0.3, 0.4) is 0 Å². The van der Waals surface area contributed by atoms with Crippen molar-refractivity contribution in [2.75, 3.05) is 44.0 Å². The first kappa shape index (κ1) is 17.7. The SMILES string of the molecule is CN(C)CCCNc1cncc(C(=O)NC2CCS(=O)(=O)C2)c1. The number of amides is 1. The van der Waals surface area contributed by atoms with Crippen LogP contribution in [0.5, 0.6) is 0 Å². The maximum Gasteiger partial charge on any atom is 0.253 e. The van der Waals surface area contributed by atoms with E-state index in [0.717, 1.165) is 25.2 Å². The molecule has 0 radical (unpaired) electrons. The fourth-order valence-corrected chi connectivity index (χ4v) is 4.14. The molecule has 7 nitrogen and oxygen atoms in total. The summed E-state index contributed by atoms with van der Waals surface area (Å²) in [5.41, 5.74) is 1.22. The van der Waals surface area contributed by atoms with Gasteiger partial charge in [-0.05, 0) is 39.5 Å². The minimum absolute atomic E-state index is 0.0225. The van der Waals surface area contributed by atoms with Gasteiger partial charge in [0.2, 0.25) is 0 Å². The Kier molecular flexibility index (Phi) is 5.95. The second kappa shape index (κ2) is 7.74. The highest BCUT2D eigenvalue weighted by molar-refractivity contribution is 7.91. The van der Waals surface area contributed by atoms with Crippen molar-refractivity contribution in [1.29, 1.82) is 0 Å². The summed E-state index contributed by atoms with van der Waals surface area (Å²) in [6, 6.07) is 1.44. The third kappa shape index (κ3) is 5.80. The second-order valence-corrected chi connectivity index (χ2v) is 8.35. The van der Waals surface area contributed by atoms with Crippen molar-refractivity contribution in [1.82, 2.24) is 15.2 Å². The van der Waals surface area contributed by atoms with Gasteiger partial charge in [-0.2, -0.15) is 0 Å². The summed E-state index contributed by atoms with van der Waals surface area (Å²) in [4.78, 5) is 18.4. The average Bonchev–Trinajstić information content (AvgIpc) is 2.82. The lowest BCUT2D eigenvalue weighted by Crippen LogP contribution is -2.35. The molecule has 1 fully saturated rings. The topological polar surface area (TPSA) is 91.4 Å². The summed E-state index contributed by atoms with van der Waals surface area (Å²) in [5.74, 6) is -0.116. The minimum Gasteiger partial charge on any atom is -0.384 e. The van der Waals surface area contributed by atoms with E-state index in [2.05, 4.69) is 20.5 Å². The van der Waals surface area contributed by atoms with Crippen LogP contribution in [0.1, 0.15) is 23.2 Å². The van der Waals surface area contributed by atoms with Gasteiger partial charge in [0.1, 0.15) is 0 Å². The number of carbonyl (C=O) groups is 1. The van der Waals surface area contributed by atoms with E-state index in [0.29, 0.717) is 12.0 Å². The Morgan fingerprint density at radius 3 is 2.83 bits per heavy atom. The molecule has 8 heteroatoms. The molecule has 23 heavy (non-hydrogen) atoms. The molecular formula is C15H24N4O3S. The van der Waals surface area contributed by atoms with Crippen LogP contribution in [-0.2, 0) is 9.84 Å². The van der Waals surface area contributed by atoms with Gasteiger partial charge in [0.15, 0.2) is 9.84 Å². The molecule has 0 bridgehead atoms. The van der Waals surface area contributed by atoms with E-state index in [-0.39, 0.29) is 23.5 Å². The van der Waals surface area contributed by atoms with Crippen LogP contribution in [-0.4, -0.2) is 68.9 Å². The maximum atomic E-state index is 12.2. The molecule has 2 rings (SSSR count). The largest absolute Gasteiger partial charge is 0.384 e. The normalized spacial score (nSPS) is 19.7. The zero-order valence-corrected chi connectivity index (χ0v) is 14.4. The number of anilines is 1. The molecule has 0 saturated carbocycles. The molecule has 0 aromatic carbocycles. The smallest absolute Gasteiger partial charge is 0.253 e. The van der Waals surface area contributed by atoms with E-state index in [1.807, 2.05) is 14.1 Å². The van der Waals surface area contributed by atoms with Crippen LogP contribution in [0, 0.1) is 0 Å². The molecule has 1 aromatic rings. The van der Waals surface area contributed by atoms with Gasteiger partial charge in [0.05, 0.1) is 22.8 Å². The summed E-state index contributed by atoms with van der Waals surface area (Å²) in [5, 5.41) is 6.00. The van der Waals surface area contributed by atoms with Gasteiger partial charge in [0, 0.05) is 25.0 Å². The molecule has 1 unspecified atom stereocenters. The number of sulfone groups is 1. The van der Waals surface area contributed by atoms with Crippen molar-refractivity contribution >= 4 is 21.4 Å². The van der Waals surface area contributed by atoms with Gasteiger partial charge in [-0.1, -0.05) is 0 Å². The van der Waals surface area contributed by atoms with E-state index >= 15 is 0 Å². The van der Waals surface area contributed by atoms with E-state index in [9.17, 15) is 13.2 Å². The fraction of sp³-hybridized carbons (Fsp3) is 0.600. The number of rotatable bonds is 7. The number of hydrogen-bond acceptors (Lipinski definition) is 6. The Balaban J connectivity index is 1.87. The summed E-state index contributed by atoms with van der Waals surface area (Å²) >= 11 is 0. The fourth-order valence-electron chi connectivity index (χ4n) is 2.47. The van der Waals surface area contributed by atoms with Gasteiger partial charge in [-0.15, -0.1) is 0 Å². The summed E-state index contributed by atoms with van der Waals surface area (Å²) in [6.45, 7) is 1.78. The summed E-state index contributed by atoms with van der Waals surface area (Å²) in [6.07, 6.45) is 4.63. The number of nitrogens with one attached hydrogen (secondary N) is 2. The lowest BCUT2D eigenvalue weighted by molar-refractivity contribution is 0.0941. The van der Waals surface area contributed by atoms with Crippen LogP contribution in [0.4, 0.5) is 5.69 Å². The van der Waals surface area contributed by atoms with E-state index in [1.54, 1.807) is 12.3 Å². The molecule has 128 valence electrons. The van der Waals surface area contributed by atoms with Gasteiger partial charge in [-0.3, -0.25) is 9.78 Å². The Morgan fingerprint density at radius 1 is 1.39 bits per heavy atom. The zero-order valence-electron chi connectivity index (χ0n) is 13.6. The summed E-state index contributed by atoms with van der Waals surface area (Å²) in [7, 11) is 1.05. The Bertz CT molecular complexity index is 646. The number of pyridine rings is 1. The monoisotopic (exact) mass is 340 g/mol. The van der Waals surface area contributed by atoms with E-state index < -0.39 is 9.84 Å². The number of aromatic nitrogens is 1. The molecule has 1 amide bonds. The number of hydrogen-bond donors (Lipinski definition) is 2. The lowest BCUT2D eigenvalue weighted by atomic mass is 10.2. The molecule has 1 aliphatic rings. The van der Waals surface area contributed by atoms with Crippen LogP contribution in [0.2, 0.25) is 0 Å². The van der Waals surface area contributed by atoms with Gasteiger partial charge in [-0.25, -0.2) is 8.42 Å². The molecule has 1 aromatic heterocycles. The Morgan fingerprint density at radius 2 is 2.17 bits per heavy atom. The predicted molar refractivity (Wildman–Crippen MR) is 90.4 cm³/mol. The van der Waals surface area contributed by atoms with Crippen molar-refractivity contribution in [3.8, 4) is 0 Å². The molecule has 0 spiro atoms. The number of nitrogens with zero attached hydrogens (tertiary/aromatic N) is 2. The maximum absolute atomic E-state index is 12.2. The Labute approximate surface area is 137 Å². The van der Waals surface area contributed by atoms with Gasteiger partial charge in [0.25, 0.3) is 5.91 Å². The third-order valence-corrected chi connectivity index (χ3v) is 5.45. The van der Waals surface area contributed by atoms with Crippen molar-refractivity contribution in [2.45, 2.75) is 18.9 Å². The van der Waals surface area contributed by atoms with E-state index in [4.69, 9.17) is 0 Å². The van der Waals surface area contributed by atoms with Crippen molar-refractivity contribution < 1.29 is 13.2 Å². The molecule has 2 heterocycles. The third-order valence-electron chi connectivity index (χ3n) is 3.68. The van der Waals surface area contributed by atoms with Crippen molar-refractivity contribution in [3.63, 3.8) is 0 Å². The molecular weight excluding hydrogens is 316 g/mol. The van der Waals surface area contributed by atoms with Crippen LogP contribution in [0.15, 0.2) is 18.5 Å². The molecule has 1 atom stereocenters. The highest BCUT2D eigenvalue weighted by Crippen LogP contribution is 2.13. The molecule has 0 aliphatic carbocycles. The first-order chi connectivity index (χ1) is 10.9. The number of carbonyl (C=O) groups excluding carboxylic acids is 1. The first-order valence-electron chi connectivity index (χ1n) is 7.71. The summed E-state index contributed by atoms with van der Waals surface area (Å²) < 4.78 is 22.9. The van der Waals surface area contributed by atoms with Crippen molar-refractivity contribution in [2.24, 2.45) is 0 Å². The van der Waals surface area contributed by atoms with Crippen LogP contribution < -0.4 is 10.6 Å². The minimum atomic E-state index is -3.00. The van der Waals surface area contributed by atoms with E-state index in [1.165, 1.54) is 6.20 Å². The average molecular weight is 340 g/mol. The van der Waals surface area contributed by atoms with Crippen LogP contribution >= 0.6 is 0 Å². The standard InChI is InChI=1S/C15H24N4O3S/c1-19(2)6-3-5-17-14-8-12(9-16-10-14)15(20)18-13-4-7-23(21,22)11-13/h8-10,13,17H,3-7,11H2,1-2H3,(H,18,20). The highest BCUT2D eigenvalue weighted by atomic mass is 32.2. The van der Waals surface area contributed by atoms with Gasteiger partial charge >= 0.3 is 0 Å². The lowest BCUT2D eigenvalue weighted by Gasteiger charge is -2.12. The second-order valence-electron chi connectivity index (χ2n) is 6.12. The zero-order chi connectivity index (χ0) is 16.9. The molecule has 1 saturated heterocycles. The molecule has 2 N–H and O–H groups in total. The predicted octanol–water partition coefficient (Wildman–Crippen LogP) is 0.362. The Hall–Kier alpha value is -1.67. The first-order valence-corrected chi connectivity index (χ1v) is 9.53. The quantitative estimate of drug-likeness (QED) is 0.697. The highest BCUT2D eigenvalue weighted by Gasteiger charge is 2.29. The van der Waals surface area contributed by atoms with Crippen LogP contribution in [0.25, 0.3) is 0 Å². The van der Waals surface area contributed by atoms with Crippen molar-refractivity contribution in [3.05, 3.63) is 24.0 Å².